The molecule has 0 fully saturated rings. The maximum Gasteiger partial charge on any atom is 0.108 e. The molecule has 14 heavy (non-hydrogen) atoms. The van der Waals surface area contributed by atoms with Crippen LogP contribution >= 0.6 is 0 Å². The number of hydrogen-bond acceptors (Lipinski definition) is 3. The first-order valence-electron chi connectivity index (χ1n) is 4.26. The summed E-state index contributed by atoms with van der Waals surface area (Å²) in [6.07, 6.45) is 5.39. The minimum atomic E-state index is 0.458. The van der Waals surface area contributed by atoms with Gasteiger partial charge in [-0.1, -0.05) is 12.1 Å². The monoisotopic (exact) mass is 187 g/mol. The summed E-state index contributed by atoms with van der Waals surface area (Å²) in [5.74, 6) is 0. The van der Waals surface area contributed by atoms with Crippen molar-refractivity contribution in [2.45, 2.75) is 6.54 Å². The van der Waals surface area contributed by atoms with Crippen LogP contribution in [-0.4, -0.2) is 9.55 Å². The second kappa shape index (κ2) is 3.83. The number of benzene rings is 1. The van der Waals surface area contributed by atoms with Gasteiger partial charge < -0.3 is 4.57 Å². The highest BCUT2D eigenvalue weighted by Gasteiger charge is 1.95. The molecule has 1 aromatic carbocycles. The Bertz CT molecular complexity index is 405. The first-order valence-corrected chi connectivity index (χ1v) is 4.26. The number of aromatic nitrogens is 2. The van der Waals surface area contributed by atoms with Crippen LogP contribution in [0.25, 0.3) is 0 Å². The number of hydrogen-bond donors (Lipinski definition) is 0. The minimum Gasteiger partial charge on any atom is -0.333 e. The second-order valence-electron chi connectivity index (χ2n) is 2.99. The fourth-order valence-electron chi connectivity index (χ4n) is 1.25. The molecule has 0 radical (unpaired) electrons. The third kappa shape index (κ3) is 1.85. The van der Waals surface area contributed by atoms with Crippen LogP contribution in [0.2, 0.25) is 0 Å². The summed E-state index contributed by atoms with van der Waals surface area (Å²) < 4.78 is 1.96. The molecule has 0 unspecified atom stereocenters. The molecule has 0 amide bonds. The summed E-state index contributed by atoms with van der Waals surface area (Å²) >= 11 is 0. The van der Waals surface area contributed by atoms with Gasteiger partial charge >= 0.3 is 0 Å². The highest BCUT2D eigenvalue weighted by Crippen LogP contribution is 2.12. The first-order chi connectivity index (χ1) is 6.88. The van der Waals surface area contributed by atoms with Gasteiger partial charge in [0.1, 0.15) is 5.69 Å². The Hall–Kier alpha value is -1.97. The third-order valence-corrected chi connectivity index (χ3v) is 1.97. The standard InChI is InChI=1S/C10H9N3O/c14-12-10-3-1-9(2-4-10)7-13-6-5-11-8-13/h1-6,8H,7H2. The van der Waals surface area contributed by atoms with Crippen LogP contribution in [0.5, 0.6) is 0 Å². The molecule has 0 aliphatic heterocycles. The van der Waals surface area contributed by atoms with E-state index in [1.54, 1.807) is 24.7 Å². The largest absolute Gasteiger partial charge is 0.333 e. The van der Waals surface area contributed by atoms with E-state index in [9.17, 15) is 4.91 Å². The van der Waals surface area contributed by atoms with Crippen molar-refractivity contribution >= 4 is 5.69 Å². The molecule has 0 aliphatic rings. The molecular weight excluding hydrogens is 178 g/mol. The van der Waals surface area contributed by atoms with Crippen LogP contribution in [0.1, 0.15) is 5.56 Å². The molecule has 0 atom stereocenters. The van der Waals surface area contributed by atoms with E-state index in [1.165, 1.54) is 0 Å². The van der Waals surface area contributed by atoms with Crippen LogP contribution in [0.3, 0.4) is 0 Å². The molecule has 4 heteroatoms. The molecule has 0 N–H and O–H groups in total. The van der Waals surface area contributed by atoms with Crippen molar-refractivity contribution in [3.8, 4) is 0 Å². The zero-order valence-corrected chi connectivity index (χ0v) is 7.50. The summed E-state index contributed by atoms with van der Waals surface area (Å²) in [7, 11) is 0. The fourth-order valence-corrected chi connectivity index (χ4v) is 1.25. The summed E-state index contributed by atoms with van der Waals surface area (Å²) in [4.78, 5) is 14.1. The van der Waals surface area contributed by atoms with E-state index in [4.69, 9.17) is 0 Å². The van der Waals surface area contributed by atoms with E-state index in [0.29, 0.717) is 5.69 Å². The molecule has 1 heterocycles. The van der Waals surface area contributed by atoms with Gasteiger partial charge in [-0.15, -0.1) is 4.91 Å². The van der Waals surface area contributed by atoms with Crippen molar-refractivity contribution in [3.05, 3.63) is 53.5 Å². The number of imidazole rings is 1. The van der Waals surface area contributed by atoms with Crippen LogP contribution in [0.15, 0.2) is 48.2 Å². The maximum absolute atomic E-state index is 10.2. The summed E-state index contributed by atoms with van der Waals surface area (Å²) in [6.45, 7) is 0.763. The van der Waals surface area contributed by atoms with E-state index in [-0.39, 0.29) is 0 Å². The third-order valence-electron chi connectivity index (χ3n) is 1.97. The lowest BCUT2D eigenvalue weighted by molar-refractivity contribution is 0.797. The molecule has 2 rings (SSSR count). The molecule has 0 spiro atoms. The lowest BCUT2D eigenvalue weighted by atomic mass is 10.2. The van der Waals surface area contributed by atoms with Crippen molar-refractivity contribution in [3.63, 3.8) is 0 Å². The average molecular weight is 187 g/mol. The lowest BCUT2D eigenvalue weighted by Crippen LogP contribution is -1.95. The van der Waals surface area contributed by atoms with Gasteiger partial charge in [-0.2, -0.15) is 0 Å². The van der Waals surface area contributed by atoms with Gasteiger partial charge in [-0.25, -0.2) is 4.98 Å². The van der Waals surface area contributed by atoms with Gasteiger partial charge in [-0.05, 0) is 22.9 Å². The lowest BCUT2D eigenvalue weighted by Gasteiger charge is -2.01. The quantitative estimate of drug-likeness (QED) is 0.692. The molecule has 1 aromatic heterocycles. The van der Waals surface area contributed by atoms with E-state index in [2.05, 4.69) is 10.2 Å². The van der Waals surface area contributed by atoms with E-state index < -0.39 is 0 Å². The zero-order chi connectivity index (χ0) is 9.80. The van der Waals surface area contributed by atoms with Crippen molar-refractivity contribution in [2.75, 3.05) is 0 Å². The Kier molecular flexibility index (Phi) is 2.36. The van der Waals surface area contributed by atoms with Gasteiger partial charge in [0.05, 0.1) is 6.33 Å². The highest BCUT2D eigenvalue weighted by atomic mass is 16.3. The average Bonchev–Trinajstić information content (AvgIpc) is 2.72. The topological polar surface area (TPSA) is 47.2 Å². The summed E-state index contributed by atoms with van der Waals surface area (Å²) in [5, 5.41) is 2.84. The molecule has 0 bridgehead atoms. The number of nitrogens with zero attached hydrogens (tertiary/aromatic N) is 3. The normalized spacial score (nSPS) is 10.0. The molecule has 0 aliphatic carbocycles. The van der Waals surface area contributed by atoms with E-state index >= 15 is 0 Å². The van der Waals surface area contributed by atoms with Crippen molar-refractivity contribution in [1.29, 1.82) is 0 Å². The van der Waals surface area contributed by atoms with E-state index in [0.717, 1.165) is 12.1 Å². The molecule has 4 nitrogen and oxygen atoms in total. The Morgan fingerprint density at radius 2 is 2.07 bits per heavy atom. The SMILES string of the molecule is O=Nc1ccc(Cn2ccnc2)cc1. The summed E-state index contributed by atoms with van der Waals surface area (Å²) in [5.41, 5.74) is 1.58. The minimum absolute atomic E-state index is 0.458. The van der Waals surface area contributed by atoms with Gasteiger partial charge in [0.2, 0.25) is 0 Å². The summed E-state index contributed by atoms with van der Waals surface area (Å²) in [6, 6.07) is 7.19. The fraction of sp³-hybridized carbons (Fsp3) is 0.100. The van der Waals surface area contributed by atoms with Gasteiger partial charge in [-0.3, -0.25) is 0 Å². The molecule has 0 saturated carbocycles. The molecule has 0 saturated heterocycles. The molecule has 2 aromatic rings. The molecular formula is C10H9N3O. The second-order valence-corrected chi connectivity index (χ2v) is 2.99. The Balaban J connectivity index is 2.14. The van der Waals surface area contributed by atoms with Crippen LogP contribution < -0.4 is 0 Å². The zero-order valence-electron chi connectivity index (χ0n) is 7.50. The molecule has 70 valence electrons. The van der Waals surface area contributed by atoms with Gasteiger partial charge in [0.15, 0.2) is 0 Å². The van der Waals surface area contributed by atoms with Crippen molar-refractivity contribution in [1.82, 2.24) is 9.55 Å². The number of rotatable bonds is 3. The Labute approximate surface area is 81.2 Å². The maximum atomic E-state index is 10.2. The van der Waals surface area contributed by atoms with Crippen molar-refractivity contribution < 1.29 is 0 Å². The predicted molar refractivity (Wildman–Crippen MR) is 53.2 cm³/mol. The van der Waals surface area contributed by atoms with Gasteiger partial charge in [0, 0.05) is 18.9 Å². The van der Waals surface area contributed by atoms with Crippen LogP contribution in [-0.2, 0) is 6.54 Å². The highest BCUT2D eigenvalue weighted by molar-refractivity contribution is 5.38. The van der Waals surface area contributed by atoms with Crippen LogP contribution in [0, 0.1) is 4.91 Å². The Morgan fingerprint density at radius 3 is 2.64 bits per heavy atom. The smallest absolute Gasteiger partial charge is 0.108 e. The van der Waals surface area contributed by atoms with Crippen LogP contribution in [0.4, 0.5) is 5.69 Å². The van der Waals surface area contributed by atoms with Gasteiger partial charge in [0.25, 0.3) is 0 Å². The Morgan fingerprint density at radius 1 is 1.29 bits per heavy atom. The van der Waals surface area contributed by atoms with Crippen molar-refractivity contribution in [2.24, 2.45) is 5.18 Å². The van der Waals surface area contributed by atoms with E-state index in [1.807, 2.05) is 22.9 Å². The predicted octanol–water partition coefficient (Wildman–Crippen LogP) is 2.33. The number of nitroso groups, excluding NO2 is 1. The first kappa shape index (κ1) is 8.62.